The maximum Gasteiger partial charge on any atom is 0.307 e. The van der Waals surface area contributed by atoms with Gasteiger partial charge in [-0.15, -0.1) is 5.10 Å². The van der Waals surface area contributed by atoms with Gasteiger partial charge >= 0.3 is 5.97 Å². The van der Waals surface area contributed by atoms with Gasteiger partial charge in [0.25, 0.3) is 0 Å². The molecule has 6 heteroatoms. The lowest BCUT2D eigenvalue weighted by Crippen LogP contribution is -2.18. The molecule has 2 unspecified atom stereocenters. The number of carboxylic acids is 1. The average Bonchev–Trinajstić information content (AvgIpc) is 3.10. The molecule has 2 heterocycles. The Morgan fingerprint density at radius 2 is 2.26 bits per heavy atom. The highest BCUT2D eigenvalue weighted by Gasteiger charge is 2.31. The molecule has 2 N–H and O–H groups in total. The summed E-state index contributed by atoms with van der Waals surface area (Å²) in [5.74, 6) is -1.07. The Labute approximate surface area is 110 Å². The Morgan fingerprint density at radius 1 is 1.42 bits per heavy atom. The van der Waals surface area contributed by atoms with Crippen LogP contribution in [0.3, 0.4) is 0 Å². The quantitative estimate of drug-likeness (QED) is 0.858. The molecule has 2 atom stereocenters. The maximum atomic E-state index is 11.0. The van der Waals surface area contributed by atoms with Gasteiger partial charge in [0.2, 0.25) is 0 Å². The number of hydrogen-bond donors (Lipinski definition) is 2. The van der Waals surface area contributed by atoms with E-state index in [1.807, 2.05) is 24.3 Å². The highest BCUT2D eigenvalue weighted by Crippen LogP contribution is 2.30. The summed E-state index contributed by atoms with van der Waals surface area (Å²) in [5, 5.41) is 20.1. The molecule has 0 saturated carbocycles. The molecule has 0 bridgehead atoms. The van der Waals surface area contributed by atoms with Crippen LogP contribution < -0.4 is 5.32 Å². The summed E-state index contributed by atoms with van der Waals surface area (Å²) in [7, 11) is 0. The summed E-state index contributed by atoms with van der Waals surface area (Å²) >= 11 is 0. The van der Waals surface area contributed by atoms with Crippen LogP contribution in [0.1, 0.15) is 18.0 Å². The predicted octanol–water partition coefficient (Wildman–Crippen LogP) is 1.00. The fourth-order valence-corrected chi connectivity index (χ4v) is 2.49. The van der Waals surface area contributed by atoms with Crippen LogP contribution in [0.2, 0.25) is 0 Å². The molecule has 2 aromatic rings. The second kappa shape index (κ2) is 4.81. The van der Waals surface area contributed by atoms with Gasteiger partial charge < -0.3 is 10.4 Å². The van der Waals surface area contributed by atoms with Crippen LogP contribution in [0.5, 0.6) is 0 Å². The molecule has 0 spiro atoms. The zero-order chi connectivity index (χ0) is 13.2. The Morgan fingerprint density at radius 3 is 2.95 bits per heavy atom. The van der Waals surface area contributed by atoms with Crippen molar-refractivity contribution in [3.8, 4) is 5.69 Å². The summed E-state index contributed by atoms with van der Waals surface area (Å²) in [4.78, 5) is 11.0. The molecule has 0 aliphatic carbocycles. The Bertz CT molecular complexity index is 582. The first kappa shape index (κ1) is 11.9. The first-order valence-electron chi connectivity index (χ1n) is 6.17. The van der Waals surface area contributed by atoms with E-state index in [4.69, 9.17) is 5.11 Å². The van der Waals surface area contributed by atoms with Gasteiger partial charge in [-0.1, -0.05) is 23.4 Å². The molecule has 98 valence electrons. The number of rotatable bonds is 3. The highest BCUT2D eigenvalue weighted by atomic mass is 16.4. The van der Waals surface area contributed by atoms with Gasteiger partial charge in [-0.05, 0) is 18.1 Å². The first-order chi connectivity index (χ1) is 9.25. The van der Waals surface area contributed by atoms with E-state index in [9.17, 15) is 4.79 Å². The largest absolute Gasteiger partial charge is 0.481 e. The van der Waals surface area contributed by atoms with Gasteiger partial charge in [0.05, 0.1) is 24.0 Å². The molecule has 1 fully saturated rings. The smallest absolute Gasteiger partial charge is 0.307 e. The van der Waals surface area contributed by atoms with E-state index in [0.29, 0.717) is 13.0 Å². The molecule has 1 aromatic heterocycles. The first-order valence-corrected chi connectivity index (χ1v) is 6.17. The predicted molar refractivity (Wildman–Crippen MR) is 67.8 cm³/mol. The zero-order valence-corrected chi connectivity index (χ0v) is 10.2. The van der Waals surface area contributed by atoms with Crippen LogP contribution in [0.4, 0.5) is 0 Å². The molecule has 1 aromatic carbocycles. The van der Waals surface area contributed by atoms with Crippen molar-refractivity contribution in [1.29, 1.82) is 0 Å². The van der Waals surface area contributed by atoms with Gasteiger partial charge in [-0.25, -0.2) is 4.68 Å². The lowest BCUT2D eigenvalue weighted by molar-refractivity contribution is -0.141. The molecule has 1 saturated heterocycles. The van der Waals surface area contributed by atoms with E-state index in [0.717, 1.165) is 11.3 Å². The van der Waals surface area contributed by atoms with Gasteiger partial charge in [-0.3, -0.25) is 4.79 Å². The monoisotopic (exact) mass is 258 g/mol. The van der Waals surface area contributed by atoms with Crippen LogP contribution in [0.15, 0.2) is 36.7 Å². The summed E-state index contributed by atoms with van der Waals surface area (Å²) < 4.78 is 1.70. The van der Waals surface area contributed by atoms with Gasteiger partial charge in [0.15, 0.2) is 0 Å². The van der Waals surface area contributed by atoms with Crippen molar-refractivity contribution in [2.75, 3.05) is 6.54 Å². The van der Waals surface area contributed by atoms with Gasteiger partial charge in [-0.2, -0.15) is 0 Å². The minimum absolute atomic E-state index is 0.0431. The fraction of sp³-hybridized carbons (Fsp3) is 0.308. The summed E-state index contributed by atoms with van der Waals surface area (Å²) in [5.41, 5.74) is 1.99. The van der Waals surface area contributed by atoms with E-state index >= 15 is 0 Å². The number of hydrogen-bond acceptors (Lipinski definition) is 4. The number of aromatic nitrogens is 3. The van der Waals surface area contributed by atoms with Crippen LogP contribution in [-0.4, -0.2) is 32.6 Å². The molecule has 0 radical (unpaired) electrons. The third kappa shape index (κ3) is 2.22. The van der Waals surface area contributed by atoms with Crippen molar-refractivity contribution < 1.29 is 9.90 Å². The Balaban J connectivity index is 1.92. The van der Waals surface area contributed by atoms with E-state index in [-0.39, 0.29) is 12.0 Å². The van der Waals surface area contributed by atoms with Crippen LogP contribution in [-0.2, 0) is 4.79 Å². The Kier molecular flexibility index (Phi) is 3.00. The molecular weight excluding hydrogens is 244 g/mol. The third-order valence-electron chi connectivity index (χ3n) is 3.46. The highest BCUT2D eigenvalue weighted by molar-refractivity contribution is 5.71. The topological polar surface area (TPSA) is 80.0 Å². The zero-order valence-electron chi connectivity index (χ0n) is 10.2. The second-order valence-corrected chi connectivity index (χ2v) is 4.64. The van der Waals surface area contributed by atoms with E-state index in [1.54, 1.807) is 17.1 Å². The SMILES string of the molecule is O=C(O)C1CNC(c2ccccc2-n2ccnn2)C1. The molecular formula is C13H14N4O2. The van der Waals surface area contributed by atoms with Crippen LogP contribution in [0.25, 0.3) is 5.69 Å². The normalized spacial score (nSPS) is 22.5. The Hall–Kier alpha value is -2.21. The van der Waals surface area contributed by atoms with Gasteiger partial charge in [0, 0.05) is 12.6 Å². The van der Waals surface area contributed by atoms with E-state index < -0.39 is 5.97 Å². The lowest BCUT2D eigenvalue weighted by Gasteiger charge is -2.15. The average molecular weight is 258 g/mol. The van der Waals surface area contributed by atoms with Crippen molar-refractivity contribution in [3.63, 3.8) is 0 Å². The number of aliphatic carboxylic acids is 1. The number of benzene rings is 1. The number of nitrogens with one attached hydrogen (secondary N) is 1. The lowest BCUT2D eigenvalue weighted by atomic mass is 9.99. The van der Waals surface area contributed by atoms with Crippen LogP contribution >= 0.6 is 0 Å². The van der Waals surface area contributed by atoms with Gasteiger partial charge in [0.1, 0.15) is 0 Å². The van der Waals surface area contributed by atoms with E-state index in [2.05, 4.69) is 15.6 Å². The number of para-hydroxylation sites is 1. The van der Waals surface area contributed by atoms with Crippen molar-refractivity contribution in [2.24, 2.45) is 5.92 Å². The molecule has 1 aliphatic rings. The number of carboxylic acid groups (broad SMARTS) is 1. The number of carbonyl (C=O) groups is 1. The molecule has 1 aliphatic heterocycles. The molecule has 19 heavy (non-hydrogen) atoms. The standard InChI is InChI=1S/C13H14N4O2/c18-13(19)9-7-11(14-8-9)10-3-1-2-4-12(10)17-6-5-15-16-17/h1-6,9,11,14H,7-8H2,(H,18,19). The molecule has 3 rings (SSSR count). The summed E-state index contributed by atoms with van der Waals surface area (Å²) in [6.45, 7) is 0.506. The summed E-state index contributed by atoms with van der Waals surface area (Å²) in [6.07, 6.45) is 4.00. The van der Waals surface area contributed by atoms with Crippen molar-refractivity contribution in [1.82, 2.24) is 20.3 Å². The summed E-state index contributed by atoms with van der Waals surface area (Å²) in [6, 6.07) is 7.88. The molecule has 6 nitrogen and oxygen atoms in total. The second-order valence-electron chi connectivity index (χ2n) is 4.64. The van der Waals surface area contributed by atoms with Crippen molar-refractivity contribution >= 4 is 5.97 Å². The minimum Gasteiger partial charge on any atom is -0.481 e. The fourth-order valence-electron chi connectivity index (χ4n) is 2.49. The third-order valence-corrected chi connectivity index (χ3v) is 3.46. The maximum absolute atomic E-state index is 11.0. The molecule has 0 amide bonds. The van der Waals surface area contributed by atoms with Crippen LogP contribution in [0, 0.1) is 5.92 Å². The minimum atomic E-state index is -0.742. The number of nitrogens with zero attached hydrogens (tertiary/aromatic N) is 3. The van der Waals surface area contributed by atoms with Crippen molar-refractivity contribution in [2.45, 2.75) is 12.5 Å². The van der Waals surface area contributed by atoms with Crippen molar-refractivity contribution in [3.05, 3.63) is 42.2 Å². The van der Waals surface area contributed by atoms with E-state index in [1.165, 1.54) is 0 Å².